The Morgan fingerprint density at radius 3 is 2.48 bits per heavy atom. The summed E-state index contributed by atoms with van der Waals surface area (Å²) in [5, 5.41) is 2.98. The molecule has 1 heterocycles. The van der Waals surface area contributed by atoms with Gasteiger partial charge in [0.05, 0.1) is 10.6 Å². The SMILES string of the molecule is CN(C)C(CNC(=O)c1cccc(S(=O)(=O)N2CCc3ccccc32)c1)Cc1ccccc1. The van der Waals surface area contributed by atoms with Crippen LogP contribution in [-0.4, -0.2) is 52.5 Å². The lowest BCUT2D eigenvalue weighted by atomic mass is 10.1. The van der Waals surface area contributed by atoms with Crippen LogP contribution in [0.25, 0.3) is 0 Å². The largest absolute Gasteiger partial charge is 0.350 e. The van der Waals surface area contributed by atoms with Crippen molar-refractivity contribution in [1.29, 1.82) is 0 Å². The van der Waals surface area contributed by atoms with Crippen molar-refractivity contribution in [3.63, 3.8) is 0 Å². The van der Waals surface area contributed by atoms with Gasteiger partial charge in [-0.3, -0.25) is 9.10 Å². The molecule has 33 heavy (non-hydrogen) atoms. The van der Waals surface area contributed by atoms with Gasteiger partial charge >= 0.3 is 0 Å². The van der Waals surface area contributed by atoms with Crippen LogP contribution in [0.3, 0.4) is 0 Å². The predicted molar refractivity (Wildman–Crippen MR) is 131 cm³/mol. The van der Waals surface area contributed by atoms with Crippen molar-refractivity contribution in [3.8, 4) is 0 Å². The summed E-state index contributed by atoms with van der Waals surface area (Å²) in [6, 6.07) is 24.1. The molecule has 0 aliphatic carbocycles. The zero-order chi connectivity index (χ0) is 23.4. The van der Waals surface area contributed by atoms with Crippen LogP contribution in [-0.2, 0) is 22.9 Å². The normalized spacial score (nSPS) is 14.2. The maximum atomic E-state index is 13.3. The predicted octanol–water partition coefficient (Wildman–Crippen LogP) is 3.34. The monoisotopic (exact) mass is 463 g/mol. The van der Waals surface area contributed by atoms with Crippen molar-refractivity contribution in [2.24, 2.45) is 0 Å². The zero-order valence-corrected chi connectivity index (χ0v) is 19.8. The Kier molecular flexibility index (Phi) is 6.81. The van der Waals surface area contributed by atoms with Crippen LogP contribution in [0.4, 0.5) is 5.69 Å². The van der Waals surface area contributed by atoms with Crippen molar-refractivity contribution in [1.82, 2.24) is 10.2 Å². The van der Waals surface area contributed by atoms with E-state index in [2.05, 4.69) is 22.3 Å². The van der Waals surface area contributed by atoms with E-state index in [-0.39, 0.29) is 16.8 Å². The smallest absolute Gasteiger partial charge is 0.264 e. The van der Waals surface area contributed by atoms with E-state index >= 15 is 0 Å². The van der Waals surface area contributed by atoms with Gasteiger partial charge in [0, 0.05) is 24.7 Å². The number of carbonyl (C=O) groups is 1. The third-order valence-corrected chi connectivity index (χ3v) is 7.88. The maximum Gasteiger partial charge on any atom is 0.264 e. The summed E-state index contributed by atoms with van der Waals surface area (Å²) in [6.07, 6.45) is 1.49. The van der Waals surface area contributed by atoms with Crippen molar-refractivity contribution >= 4 is 21.6 Å². The molecule has 1 aliphatic rings. The second-order valence-electron chi connectivity index (χ2n) is 8.50. The fourth-order valence-corrected chi connectivity index (χ4v) is 5.67. The number of rotatable bonds is 8. The van der Waals surface area contributed by atoms with E-state index in [1.807, 2.05) is 56.6 Å². The minimum absolute atomic E-state index is 0.115. The summed E-state index contributed by atoms with van der Waals surface area (Å²) < 4.78 is 28.1. The second kappa shape index (κ2) is 9.77. The third kappa shape index (κ3) is 5.10. The van der Waals surface area contributed by atoms with Crippen LogP contribution >= 0.6 is 0 Å². The quantitative estimate of drug-likeness (QED) is 0.556. The lowest BCUT2D eigenvalue weighted by molar-refractivity contribution is 0.0941. The number of hydrogen-bond donors (Lipinski definition) is 1. The van der Waals surface area contributed by atoms with E-state index in [4.69, 9.17) is 0 Å². The van der Waals surface area contributed by atoms with E-state index in [0.717, 1.165) is 12.0 Å². The molecule has 1 aliphatic heterocycles. The molecular formula is C26H29N3O3S. The van der Waals surface area contributed by atoms with Gasteiger partial charge in [-0.15, -0.1) is 0 Å². The lowest BCUT2D eigenvalue weighted by Gasteiger charge is -2.25. The summed E-state index contributed by atoms with van der Waals surface area (Å²) in [5.74, 6) is -0.284. The van der Waals surface area contributed by atoms with Gasteiger partial charge in [0.15, 0.2) is 0 Å². The summed E-state index contributed by atoms with van der Waals surface area (Å²) in [6.45, 7) is 0.860. The molecule has 6 nitrogen and oxygen atoms in total. The molecular weight excluding hydrogens is 434 g/mol. The Hall–Kier alpha value is -3.16. The average Bonchev–Trinajstić information content (AvgIpc) is 3.27. The highest BCUT2D eigenvalue weighted by Crippen LogP contribution is 2.32. The lowest BCUT2D eigenvalue weighted by Crippen LogP contribution is -2.41. The van der Waals surface area contributed by atoms with E-state index < -0.39 is 10.0 Å². The van der Waals surface area contributed by atoms with Crippen LogP contribution in [0.2, 0.25) is 0 Å². The molecule has 0 saturated heterocycles. The maximum absolute atomic E-state index is 13.3. The number of fused-ring (bicyclic) bond motifs is 1. The molecule has 172 valence electrons. The molecule has 4 rings (SSSR count). The van der Waals surface area contributed by atoms with E-state index in [9.17, 15) is 13.2 Å². The van der Waals surface area contributed by atoms with Crippen LogP contribution in [0.15, 0.2) is 83.8 Å². The molecule has 1 atom stereocenters. The first-order chi connectivity index (χ1) is 15.9. The van der Waals surface area contributed by atoms with Crippen LogP contribution in [0, 0.1) is 0 Å². The first kappa shape index (κ1) is 23.0. The topological polar surface area (TPSA) is 69.7 Å². The average molecular weight is 464 g/mol. The minimum atomic E-state index is -3.75. The van der Waals surface area contributed by atoms with E-state index in [0.29, 0.717) is 30.8 Å². The van der Waals surface area contributed by atoms with Gasteiger partial charge in [-0.05, 0) is 62.3 Å². The van der Waals surface area contributed by atoms with Gasteiger partial charge in [0.1, 0.15) is 0 Å². The number of hydrogen-bond acceptors (Lipinski definition) is 4. The summed E-state index contributed by atoms with van der Waals surface area (Å²) >= 11 is 0. The highest BCUT2D eigenvalue weighted by atomic mass is 32.2. The molecule has 0 bridgehead atoms. The molecule has 7 heteroatoms. The molecule has 0 fully saturated rings. The molecule has 1 N–H and O–H groups in total. The number of anilines is 1. The van der Waals surface area contributed by atoms with Gasteiger partial charge in [-0.25, -0.2) is 8.42 Å². The number of amides is 1. The Morgan fingerprint density at radius 2 is 1.73 bits per heavy atom. The summed E-state index contributed by atoms with van der Waals surface area (Å²) in [5.41, 5.74) is 3.26. The molecule has 1 unspecified atom stereocenters. The Bertz CT molecular complexity index is 1230. The number of likely N-dealkylation sites (N-methyl/N-ethyl adjacent to an activating group) is 1. The van der Waals surface area contributed by atoms with Crippen molar-refractivity contribution in [3.05, 3.63) is 95.6 Å². The molecule has 0 spiro atoms. The number of sulfonamides is 1. The Morgan fingerprint density at radius 1 is 1.00 bits per heavy atom. The van der Waals surface area contributed by atoms with E-state index in [1.165, 1.54) is 15.9 Å². The molecule has 1 amide bonds. The van der Waals surface area contributed by atoms with E-state index in [1.54, 1.807) is 18.2 Å². The number of benzene rings is 3. The fraction of sp³-hybridized carbons (Fsp3) is 0.269. The highest BCUT2D eigenvalue weighted by Gasteiger charge is 2.31. The standard InChI is InChI=1S/C26H29N3O3S/c1-28(2)23(17-20-9-4-3-5-10-20)19-27-26(30)22-12-8-13-24(18-22)33(31,32)29-16-15-21-11-6-7-14-25(21)29/h3-14,18,23H,15-17,19H2,1-2H3,(H,27,30). The van der Waals surface area contributed by atoms with Crippen LogP contribution in [0.1, 0.15) is 21.5 Å². The fourth-order valence-electron chi connectivity index (χ4n) is 4.12. The second-order valence-corrected chi connectivity index (χ2v) is 10.4. The highest BCUT2D eigenvalue weighted by molar-refractivity contribution is 7.92. The molecule has 3 aromatic rings. The van der Waals surface area contributed by atoms with Gasteiger partial charge in [-0.2, -0.15) is 0 Å². The van der Waals surface area contributed by atoms with Gasteiger partial charge in [0.2, 0.25) is 0 Å². The minimum Gasteiger partial charge on any atom is -0.350 e. The van der Waals surface area contributed by atoms with Crippen molar-refractivity contribution < 1.29 is 13.2 Å². The van der Waals surface area contributed by atoms with Crippen LogP contribution < -0.4 is 9.62 Å². The van der Waals surface area contributed by atoms with Crippen LogP contribution in [0.5, 0.6) is 0 Å². The number of nitrogens with zero attached hydrogens (tertiary/aromatic N) is 2. The van der Waals surface area contributed by atoms with Gasteiger partial charge < -0.3 is 10.2 Å². The first-order valence-electron chi connectivity index (χ1n) is 11.1. The Balaban J connectivity index is 1.47. The third-order valence-electron chi connectivity index (χ3n) is 6.07. The summed E-state index contributed by atoms with van der Waals surface area (Å²) in [4.78, 5) is 15.1. The Labute approximate surface area is 195 Å². The van der Waals surface area contributed by atoms with Crippen molar-refractivity contribution in [2.45, 2.75) is 23.8 Å². The zero-order valence-electron chi connectivity index (χ0n) is 18.9. The van der Waals surface area contributed by atoms with Crippen molar-refractivity contribution in [2.75, 3.05) is 31.5 Å². The summed E-state index contributed by atoms with van der Waals surface area (Å²) in [7, 11) is 0.225. The number of carbonyl (C=O) groups excluding carboxylic acids is 1. The number of nitrogens with one attached hydrogen (secondary N) is 1. The number of para-hydroxylation sites is 1. The van der Waals surface area contributed by atoms with Gasteiger partial charge in [-0.1, -0.05) is 54.6 Å². The molecule has 0 radical (unpaired) electrons. The van der Waals surface area contributed by atoms with Gasteiger partial charge in [0.25, 0.3) is 15.9 Å². The first-order valence-corrected chi connectivity index (χ1v) is 12.5. The molecule has 0 saturated carbocycles. The molecule has 0 aromatic heterocycles. The molecule has 3 aromatic carbocycles.